The summed E-state index contributed by atoms with van der Waals surface area (Å²) >= 11 is 8.73. The Bertz CT molecular complexity index is 1280. The van der Waals surface area contributed by atoms with E-state index in [4.69, 9.17) is 26.6 Å². The van der Waals surface area contributed by atoms with E-state index in [2.05, 4.69) is 33.5 Å². The SMILES string of the molecule is S=C(NCc1ccco1)Nc1ccc2nc(-c3cccs3)c(-c3cccs3)nc2c1. The van der Waals surface area contributed by atoms with Crippen LogP contribution >= 0.6 is 34.9 Å². The van der Waals surface area contributed by atoms with E-state index < -0.39 is 0 Å². The minimum absolute atomic E-state index is 0.521. The first-order valence-electron chi connectivity index (χ1n) is 9.23. The second kappa shape index (κ2) is 8.35. The summed E-state index contributed by atoms with van der Waals surface area (Å²) in [5, 5.41) is 11.0. The molecule has 148 valence electrons. The van der Waals surface area contributed by atoms with Crippen molar-refractivity contribution >= 4 is 56.7 Å². The Hall–Kier alpha value is -3.07. The van der Waals surface area contributed by atoms with Gasteiger partial charge in [-0.15, -0.1) is 22.7 Å². The van der Waals surface area contributed by atoms with Gasteiger partial charge < -0.3 is 15.1 Å². The third-order valence-electron chi connectivity index (χ3n) is 4.43. The lowest BCUT2D eigenvalue weighted by atomic mass is 10.2. The first-order valence-corrected chi connectivity index (χ1v) is 11.4. The van der Waals surface area contributed by atoms with Crippen LogP contribution in [0, 0.1) is 0 Å². The van der Waals surface area contributed by atoms with Gasteiger partial charge in [-0.05, 0) is 65.4 Å². The number of nitrogens with zero attached hydrogens (tertiary/aromatic N) is 2. The van der Waals surface area contributed by atoms with Gasteiger partial charge in [0.2, 0.25) is 0 Å². The maximum Gasteiger partial charge on any atom is 0.171 e. The molecule has 0 aliphatic rings. The van der Waals surface area contributed by atoms with Crippen molar-refractivity contribution < 1.29 is 4.42 Å². The van der Waals surface area contributed by atoms with Gasteiger partial charge in [0.15, 0.2) is 5.11 Å². The van der Waals surface area contributed by atoms with Crippen LogP contribution in [0.15, 0.2) is 76.0 Å². The summed E-state index contributed by atoms with van der Waals surface area (Å²) in [7, 11) is 0. The number of nitrogens with one attached hydrogen (secondary N) is 2. The van der Waals surface area contributed by atoms with E-state index in [-0.39, 0.29) is 0 Å². The molecular formula is C22H16N4OS3. The number of rotatable bonds is 5. The zero-order valence-electron chi connectivity index (χ0n) is 15.7. The van der Waals surface area contributed by atoms with E-state index in [1.165, 1.54) is 0 Å². The summed E-state index contributed by atoms with van der Waals surface area (Å²) in [6.45, 7) is 0.527. The Labute approximate surface area is 186 Å². The largest absolute Gasteiger partial charge is 0.467 e. The van der Waals surface area contributed by atoms with Crippen LogP contribution in [-0.2, 0) is 6.54 Å². The Kier molecular flexibility index (Phi) is 5.27. The number of thiocarbonyl (C=S) groups is 1. The smallest absolute Gasteiger partial charge is 0.171 e. The fraction of sp³-hybridized carbons (Fsp3) is 0.0455. The zero-order chi connectivity index (χ0) is 20.3. The summed E-state index contributed by atoms with van der Waals surface area (Å²) < 4.78 is 5.32. The molecule has 1 aromatic carbocycles. The fourth-order valence-corrected chi connectivity index (χ4v) is 4.68. The third kappa shape index (κ3) is 3.97. The van der Waals surface area contributed by atoms with Gasteiger partial charge in [-0.2, -0.15) is 0 Å². The van der Waals surface area contributed by atoms with Crippen LogP contribution in [0.5, 0.6) is 0 Å². The molecule has 5 rings (SSSR count). The van der Waals surface area contributed by atoms with E-state index >= 15 is 0 Å². The molecule has 0 bridgehead atoms. The minimum atomic E-state index is 0.521. The second-order valence-electron chi connectivity index (χ2n) is 6.47. The molecule has 5 aromatic rings. The van der Waals surface area contributed by atoms with E-state index in [1.807, 2.05) is 42.5 Å². The van der Waals surface area contributed by atoms with E-state index in [9.17, 15) is 0 Å². The van der Waals surface area contributed by atoms with Gasteiger partial charge in [-0.1, -0.05) is 12.1 Å². The van der Waals surface area contributed by atoms with Gasteiger partial charge >= 0.3 is 0 Å². The molecule has 0 unspecified atom stereocenters. The van der Waals surface area contributed by atoms with Crippen molar-refractivity contribution in [3.63, 3.8) is 0 Å². The van der Waals surface area contributed by atoms with Crippen molar-refractivity contribution in [1.29, 1.82) is 0 Å². The van der Waals surface area contributed by atoms with Crippen molar-refractivity contribution in [3.05, 3.63) is 77.4 Å². The standard InChI is InChI=1S/C22H16N4OS3/c28-22(23-13-15-4-1-9-27-15)24-14-7-8-16-17(12-14)26-21(19-6-3-11-30-19)20(25-16)18-5-2-10-29-18/h1-12H,13H2,(H2,23,24,28). The van der Waals surface area contributed by atoms with Crippen molar-refractivity contribution in [2.75, 3.05) is 5.32 Å². The molecular weight excluding hydrogens is 432 g/mol. The minimum Gasteiger partial charge on any atom is -0.467 e. The number of furan rings is 1. The van der Waals surface area contributed by atoms with Crippen LogP contribution in [0.1, 0.15) is 5.76 Å². The first kappa shape index (κ1) is 18.9. The average Bonchev–Trinajstić information content (AvgIpc) is 3.54. The van der Waals surface area contributed by atoms with Gasteiger partial charge in [0.25, 0.3) is 0 Å². The molecule has 0 saturated heterocycles. The molecule has 2 N–H and O–H groups in total. The van der Waals surface area contributed by atoms with E-state index in [1.54, 1.807) is 28.9 Å². The van der Waals surface area contributed by atoms with Crippen LogP contribution in [0.2, 0.25) is 0 Å². The predicted molar refractivity (Wildman–Crippen MR) is 128 cm³/mol. The Morgan fingerprint density at radius 2 is 1.63 bits per heavy atom. The van der Waals surface area contributed by atoms with Crippen molar-refractivity contribution in [2.24, 2.45) is 0 Å². The molecule has 8 heteroatoms. The average molecular weight is 449 g/mol. The summed E-state index contributed by atoms with van der Waals surface area (Å²) in [6, 6.07) is 17.9. The highest BCUT2D eigenvalue weighted by atomic mass is 32.1. The number of benzene rings is 1. The van der Waals surface area contributed by atoms with Crippen LogP contribution in [0.3, 0.4) is 0 Å². The quantitative estimate of drug-likeness (QED) is 0.314. The van der Waals surface area contributed by atoms with Crippen LogP contribution in [-0.4, -0.2) is 15.1 Å². The summed E-state index contributed by atoms with van der Waals surface area (Å²) in [6.07, 6.45) is 1.64. The molecule has 30 heavy (non-hydrogen) atoms. The van der Waals surface area contributed by atoms with Gasteiger partial charge in [0.05, 0.1) is 33.6 Å². The predicted octanol–water partition coefficient (Wildman–Crippen LogP) is 6.17. The number of anilines is 1. The molecule has 0 amide bonds. The van der Waals surface area contributed by atoms with Crippen LogP contribution < -0.4 is 10.6 Å². The lowest BCUT2D eigenvalue weighted by Crippen LogP contribution is -2.27. The first-order chi connectivity index (χ1) is 14.8. The molecule has 0 atom stereocenters. The summed E-state index contributed by atoms with van der Waals surface area (Å²) in [5.41, 5.74) is 4.33. The Morgan fingerprint density at radius 1 is 0.900 bits per heavy atom. The third-order valence-corrected chi connectivity index (χ3v) is 6.43. The number of hydrogen-bond donors (Lipinski definition) is 2. The topological polar surface area (TPSA) is 63.0 Å². The molecule has 4 heterocycles. The van der Waals surface area contributed by atoms with E-state index in [0.717, 1.165) is 43.6 Å². The number of aromatic nitrogens is 2. The summed E-state index contributed by atoms with van der Waals surface area (Å²) in [4.78, 5) is 12.1. The zero-order valence-corrected chi connectivity index (χ0v) is 18.1. The summed E-state index contributed by atoms with van der Waals surface area (Å²) in [5.74, 6) is 0.824. The van der Waals surface area contributed by atoms with Gasteiger partial charge in [0.1, 0.15) is 17.1 Å². The second-order valence-corrected chi connectivity index (χ2v) is 8.77. The highest BCUT2D eigenvalue weighted by Crippen LogP contribution is 2.35. The molecule has 0 aliphatic carbocycles. The van der Waals surface area contributed by atoms with Crippen molar-refractivity contribution in [3.8, 4) is 21.1 Å². The molecule has 0 aliphatic heterocycles. The molecule has 0 radical (unpaired) electrons. The fourth-order valence-electron chi connectivity index (χ4n) is 3.06. The van der Waals surface area contributed by atoms with Crippen molar-refractivity contribution in [1.82, 2.24) is 15.3 Å². The van der Waals surface area contributed by atoms with Gasteiger partial charge in [0, 0.05) is 5.69 Å². The maximum absolute atomic E-state index is 5.40. The number of thiophene rings is 2. The Morgan fingerprint density at radius 3 is 2.27 bits per heavy atom. The lowest BCUT2D eigenvalue weighted by Gasteiger charge is -2.11. The van der Waals surface area contributed by atoms with Crippen LogP contribution in [0.25, 0.3) is 32.2 Å². The Balaban J connectivity index is 1.45. The van der Waals surface area contributed by atoms with Crippen LogP contribution in [0.4, 0.5) is 5.69 Å². The number of fused-ring (bicyclic) bond motifs is 1. The molecule has 0 fully saturated rings. The van der Waals surface area contributed by atoms with E-state index in [0.29, 0.717) is 11.7 Å². The highest BCUT2D eigenvalue weighted by molar-refractivity contribution is 7.80. The molecule has 4 aromatic heterocycles. The van der Waals surface area contributed by atoms with Gasteiger partial charge in [-0.3, -0.25) is 0 Å². The van der Waals surface area contributed by atoms with Crippen molar-refractivity contribution in [2.45, 2.75) is 6.54 Å². The lowest BCUT2D eigenvalue weighted by molar-refractivity contribution is 0.503. The molecule has 0 spiro atoms. The van der Waals surface area contributed by atoms with Gasteiger partial charge in [-0.25, -0.2) is 9.97 Å². The monoisotopic (exact) mass is 448 g/mol. The number of hydrogen-bond acceptors (Lipinski definition) is 6. The molecule has 0 saturated carbocycles. The maximum atomic E-state index is 5.40. The highest BCUT2D eigenvalue weighted by Gasteiger charge is 2.15. The molecule has 5 nitrogen and oxygen atoms in total. The normalized spacial score (nSPS) is 10.9.